The third kappa shape index (κ3) is 15.5. The lowest BCUT2D eigenvalue weighted by molar-refractivity contribution is -0.154. The molecule has 0 saturated heterocycles. The molecule has 0 saturated carbocycles. The van der Waals surface area contributed by atoms with Crippen molar-refractivity contribution < 1.29 is 28.5 Å². The fourth-order valence-corrected chi connectivity index (χ4v) is 1.96. The van der Waals surface area contributed by atoms with E-state index in [-0.39, 0.29) is 11.2 Å². The summed E-state index contributed by atoms with van der Waals surface area (Å²) in [6.45, 7) is 19.7. The zero-order valence-corrected chi connectivity index (χ0v) is 19.3. The van der Waals surface area contributed by atoms with Gasteiger partial charge in [-0.1, -0.05) is 0 Å². The van der Waals surface area contributed by atoms with Crippen LogP contribution in [0.25, 0.3) is 0 Å². The lowest BCUT2D eigenvalue weighted by atomic mass is 10.1. The Labute approximate surface area is 170 Å². The van der Waals surface area contributed by atoms with Crippen LogP contribution in [0.15, 0.2) is 0 Å². The van der Waals surface area contributed by atoms with Crippen LogP contribution in [0.1, 0.15) is 82.1 Å². The van der Waals surface area contributed by atoms with Gasteiger partial charge in [-0.15, -0.1) is 0 Å². The van der Waals surface area contributed by atoms with E-state index in [2.05, 4.69) is 11.8 Å². The molecule has 0 fully saturated rings. The van der Waals surface area contributed by atoms with Gasteiger partial charge >= 0.3 is 11.9 Å². The van der Waals surface area contributed by atoms with Gasteiger partial charge in [-0.05, 0) is 69.2 Å². The van der Waals surface area contributed by atoms with Crippen molar-refractivity contribution >= 4 is 11.9 Å². The molecule has 0 aliphatic carbocycles. The highest BCUT2D eigenvalue weighted by Crippen LogP contribution is 2.18. The number of rotatable bonds is 8. The topological polar surface area (TPSA) is 71.1 Å². The number of esters is 2. The molecule has 0 N–H and O–H groups in total. The van der Waals surface area contributed by atoms with Gasteiger partial charge in [0.1, 0.15) is 11.2 Å². The third-order valence-corrected chi connectivity index (χ3v) is 3.48. The number of carbonyl (C=O) groups excluding carboxylic acids is 2. The molecule has 0 spiro atoms. The summed E-state index contributed by atoms with van der Waals surface area (Å²) in [5.74, 6) is 2.84. The molecule has 0 heterocycles. The lowest BCUT2D eigenvalue weighted by Gasteiger charge is -2.27. The number of hydrogen-bond donors (Lipinski definition) is 0. The maximum absolute atomic E-state index is 11.9. The average molecular weight is 399 g/mol. The molecule has 0 rings (SSSR count). The largest absolute Gasteiger partial charge is 0.450 e. The summed E-state index contributed by atoms with van der Waals surface area (Å²) in [5.41, 5.74) is -2.00. The van der Waals surface area contributed by atoms with Crippen LogP contribution in [-0.4, -0.2) is 47.6 Å². The lowest BCUT2D eigenvalue weighted by Crippen LogP contribution is -2.32. The number of hydrogen-bond acceptors (Lipinski definition) is 6. The molecule has 6 nitrogen and oxygen atoms in total. The summed E-state index contributed by atoms with van der Waals surface area (Å²) in [7, 11) is 0. The Bertz CT molecular complexity index is 529. The predicted octanol–water partition coefficient (Wildman–Crippen LogP) is 4.04. The van der Waals surface area contributed by atoms with Crippen molar-refractivity contribution in [1.82, 2.24) is 0 Å². The van der Waals surface area contributed by atoms with Gasteiger partial charge in [0.25, 0.3) is 0 Å². The van der Waals surface area contributed by atoms with Crippen LogP contribution in [0, 0.1) is 11.8 Å². The Morgan fingerprint density at radius 2 is 0.893 bits per heavy atom. The standard InChI is InChI=1S/C22H38O6/c1-19(2,3)25-15-13-21(7,8)27-17(23)11-12-18(24)28-22(9,10)14-16-26-20(4,5)6/h13-16H2,1-10H3. The van der Waals surface area contributed by atoms with E-state index in [4.69, 9.17) is 18.9 Å². The molecule has 0 bridgehead atoms. The Kier molecular flexibility index (Phi) is 9.69. The quantitative estimate of drug-likeness (QED) is 0.349. The first kappa shape index (κ1) is 26.4. The molecule has 6 heteroatoms. The second kappa shape index (κ2) is 10.3. The van der Waals surface area contributed by atoms with E-state index < -0.39 is 23.1 Å². The minimum absolute atomic E-state index is 0.256. The fraction of sp³-hybridized carbons (Fsp3) is 0.818. The zero-order chi connectivity index (χ0) is 22.2. The highest BCUT2D eigenvalue weighted by Gasteiger charge is 2.25. The van der Waals surface area contributed by atoms with Crippen molar-refractivity contribution in [3.8, 4) is 11.8 Å². The highest BCUT2D eigenvalue weighted by atomic mass is 16.6. The minimum Gasteiger partial charge on any atom is -0.450 e. The van der Waals surface area contributed by atoms with Gasteiger partial charge < -0.3 is 18.9 Å². The van der Waals surface area contributed by atoms with Crippen molar-refractivity contribution in [3.05, 3.63) is 0 Å². The van der Waals surface area contributed by atoms with E-state index in [1.54, 1.807) is 27.7 Å². The van der Waals surface area contributed by atoms with E-state index in [1.807, 2.05) is 41.5 Å². The molecule has 0 aliphatic rings. The van der Waals surface area contributed by atoms with Gasteiger partial charge in [0, 0.05) is 24.7 Å². The predicted molar refractivity (Wildman–Crippen MR) is 109 cm³/mol. The van der Waals surface area contributed by atoms with Gasteiger partial charge in [-0.25, -0.2) is 9.59 Å². The van der Waals surface area contributed by atoms with Gasteiger partial charge in [0.15, 0.2) is 0 Å². The smallest absolute Gasteiger partial charge is 0.385 e. The molecule has 0 radical (unpaired) electrons. The number of carbonyl (C=O) groups is 2. The van der Waals surface area contributed by atoms with Crippen molar-refractivity contribution in [2.45, 2.75) is 104 Å². The highest BCUT2D eigenvalue weighted by molar-refractivity contribution is 5.98. The van der Waals surface area contributed by atoms with E-state index in [0.29, 0.717) is 26.1 Å². The van der Waals surface area contributed by atoms with Crippen molar-refractivity contribution in [2.75, 3.05) is 13.2 Å². The molecular weight excluding hydrogens is 360 g/mol. The molecule has 0 amide bonds. The Morgan fingerprint density at radius 1 is 0.607 bits per heavy atom. The Morgan fingerprint density at radius 3 is 1.14 bits per heavy atom. The first-order chi connectivity index (χ1) is 12.4. The zero-order valence-electron chi connectivity index (χ0n) is 19.3. The van der Waals surface area contributed by atoms with Crippen molar-refractivity contribution in [2.24, 2.45) is 0 Å². The van der Waals surface area contributed by atoms with Crippen LogP contribution >= 0.6 is 0 Å². The summed E-state index contributed by atoms with van der Waals surface area (Å²) in [5, 5.41) is 0. The number of ether oxygens (including phenoxy) is 4. The Hall–Kier alpha value is -1.58. The molecule has 0 unspecified atom stereocenters. The molecule has 0 aromatic carbocycles. The monoisotopic (exact) mass is 398 g/mol. The average Bonchev–Trinajstić information content (AvgIpc) is 2.40. The first-order valence-corrected chi connectivity index (χ1v) is 9.67. The van der Waals surface area contributed by atoms with Gasteiger partial charge in [0.05, 0.1) is 24.4 Å². The maximum Gasteiger partial charge on any atom is 0.385 e. The fourth-order valence-electron chi connectivity index (χ4n) is 1.96. The SMILES string of the molecule is CC(C)(C)OCCC(C)(C)OC(=O)C#CC(=O)OC(C)(C)CCOC(C)(C)C. The van der Waals surface area contributed by atoms with Crippen LogP contribution in [0.2, 0.25) is 0 Å². The summed E-state index contributed by atoms with van der Waals surface area (Å²) >= 11 is 0. The van der Waals surface area contributed by atoms with Crippen LogP contribution in [0.4, 0.5) is 0 Å². The van der Waals surface area contributed by atoms with Crippen LogP contribution in [0.5, 0.6) is 0 Å². The molecule has 28 heavy (non-hydrogen) atoms. The molecular formula is C22H38O6. The molecule has 0 aromatic rings. The minimum atomic E-state index is -0.772. The summed E-state index contributed by atoms with van der Waals surface area (Å²) in [6, 6.07) is 0. The van der Waals surface area contributed by atoms with Gasteiger partial charge in [0.2, 0.25) is 0 Å². The second-order valence-corrected chi connectivity index (χ2v) is 9.97. The van der Waals surface area contributed by atoms with Gasteiger partial charge in [-0.2, -0.15) is 0 Å². The van der Waals surface area contributed by atoms with E-state index >= 15 is 0 Å². The molecule has 162 valence electrons. The first-order valence-electron chi connectivity index (χ1n) is 9.67. The molecule has 0 atom stereocenters. The molecule has 0 aromatic heterocycles. The van der Waals surface area contributed by atoms with Gasteiger partial charge in [-0.3, -0.25) is 0 Å². The van der Waals surface area contributed by atoms with Crippen molar-refractivity contribution in [1.29, 1.82) is 0 Å². The molecule has 0 aliphatic heterocycles. The third-order valence-electron chi connectivity index (χ3n) is 3.48. The summed E-state index contributed by atoms with van der Waals surface area (Å²) < 4.78 is 21.9. The summed E-state index contributed by atoms with van der Waals surface area (Å²) in [4.78, 5) is 23.8. The maximum atomic E-state index is 11.9. The van der Waals surface area contributed by atoms with Crippen LogP contribution in [0.3, 0.4) is 0 Å². The second-order valence-electron chi connectivity index (χ2n) is 9.97. The van der Waals surface area contributed by atoms with E-state index in [0.717, 1.165) is 0 Å². The van der Waals surface area contributed by atoms with Crippen molar-refractivity contribution in [3.63, 3.8) is 0 Å². The Balaban J connectivity index is 4.49. The summed E-state index contributed by atoms with van der Waals surface area (Å²) in [6.07, 6.45) is 1.03. The normalized spacial score (nSPS) is 12.8. The van der Waals surface area contributed by atoms with Crippen LogP contribution in [-0.2, 0) is 28.5 Å². The van der Waals surface area contributed by atoms with E-state index in [1.165, 1.54) is 0 Å². The van der Waals surface area contributed by atoms with Crippen LogP contribution < -0.4 is 0 Å². The van der Waals surface area contributed by atoms with E-state index in [9.17, 15) is 9.59 Å².